The van der Waals surface area contributed by atoms with Crippen molar-refractivity contribution in [2.75, 3.05) is 23.3 Å². The number of anilines is 3. The third kappa shape index (κ3) is 3.31. The molecule has 0 spiro atoms. The van der Waals surface area contributed by atoms with E-state index in [0.29, 0.717) is 0 Å². The second kappa shape index (κ2) is 7.56. The SMILES string of the molecule is c1ccc(-c2nc3c(Nc4cnccc4N4CCCCC4)nccc3s2)cc1. The molecule has 0 atom stereocenters. The van der Waals surface area contributed by atoms with E-state index in [-0.39, 0.29) is 0 Å². The molecule has 1 aliphatic rings. The van der Waals surface area contributed by atoms with Crippen LogP contribution in [0.4, 0.5) is 17.2 Å². The molecule has 0 saturated carbocycles. The number of piperidine rings is 1. The molecule has 4 aromatic rings. The monoisotopic (exact) mass is 387 g/mol. The van der Waals surface area contributed by atoms with E-state index in [0.717, 1.165) is 45.4 Å². The van der Waals surface area contributed by atoms with Crippen LogP contribution in [0, 0.1) is 0 Å². The zero-order chi connectivity index (χ0) is 18.8. The summed E-state index contributed by atoms with van der Waals surface area (Å²) in [6.45, 7) is 2.18. The smallest absolute Gasteiger partial charge is 0.157 e. The van der Waals surface area contributed by atoms with Gasteiger partial charge in [0.2, 0.25) is 0 Å². The lowest BCUT2D eigenvalue weighted by Crippen LogP contribution is -2.29. The summed E-state index contributed by atoms with van der Waals surface area (Å²) in [4.78, 5) is 16.2. The van der Waals surface area contributed by atoms with E-state index < -0.39 is 0 Å². The van der Waals surface area contributed by atoms with Gasteiger partial charge in [0.05, 0.1) is 22.3 Å². The van der Waals surface area contributed by atoms with Crippen molar-refractivity contribution in [2.45, 2.75) is 19.3 Å². The predicted molar refractivity (Wildman–Crippen MR) is 116 cm³/mol. The summed E-state index contributed by atoms with van der Waals surface area (Å²) in [7, 11) is 0. The van der Waals surface area contributed by atoms with Crippen LogP contribution < -0.4 is 10.2 Å². The summed E-state index contributed by atoms with van der Waals surface area (Å²) in [5.41, 5.74) is 4.20. The van der Waals surface area contributed by atoms with Gasteiger partial charge in [0.15, 0.2) is 5.82 Å². The summed E-state index contributed by atoms with van der Waals surface area (Å²) >= 11 is 1.69. The van der Waals surface area contributed by atoms with Crippen LogP contribution in [-0.2, 0) is 0 Å². The molecule has 0 aliphatic carbocycles. The molecule has 1 N–H and O–H groups in total. The zero-order valence-corrected chi connectivity index (χ0v) is 16.3. The Bertz CT molecular complexity index is 1090. The molecule has 0 radical (unpaired) electrons. The van der Waals surface area contributed by atoms with Crippen LogP contribution in [0.1, 0.15) is 19.3 Å². The first-order valence-electron chi connectivity index (χ1n) is 9.65. The molecule has 1 fully saturated rings. The van der Waals surface area contributed by atoms with Gasteiger partial charge in [-0.15, -0.1) is 11.3 Å². The largest absolute Gasteiger partial charge is 0.370 e. The van der Waals surface area contributed by atoms with Crippen molar-refractivity contribution >= 4 is 38.7 Å². The molecular formula is C22H21N5S. The number of nitrogens with zero attached hydrogens (tertiary/aromatic N) is 4. The molecule has 1 aromatic carbocycles. The Kier molecular flexibility index (Phi) is 4.62. The van der Waals surface area contributed by atoms with Crippen LogP contribution in [0.15, 0.2) is 61.1 Å². The maximum absolute atomic E-state index is 4.88. The number of thiazole rings is 1. The lowest BCUT2D eigenvalue weighted by Gasteiger charge is -2.30. The van der Waals surface area contributed by atoms with Gasteiger partial charge >= 0.3 is 0 Å². The van der Waals surface area contributed by atoms with Gasteiger partial charge in [-0.2, -0.15) is 0 Å². The van der Waals surface area contributed by atoms with Gasteiger partial charge in [-0.3, -0.25) is 4.98 Å². The quantitative estimate of drug-likeness (QED) is 0.502. The fourth-order valence-corrected chi connectivity index (χ4v) is 4.64. The molecule has 0 unspecified atom stereocenters. The normalized spacial score (nSPS) is 14.4. The third-order valence-corrected chi connectivity index (χ3v) is 6.15. The van der Waals surface area contributed by atoms with E-state index >= 15 is 0 Å². The molecule has 0 bridgehead atoms. The molecule has 1 saturated heterocycles. The number of fused-ring (bicyclic) bond motifs is 1. The Balaban J connectivity index is 1.52. The Morgan fingerprint density at radius 2 is 1.79 bits per heavy atom. The molecule has 0 amide bonds. The maximum Gasteiger partial charge on any atom is 0.157 e. The average molecular weight is 388 g/mol. The van der Waals surface area contributed by atoms with Crippen LogP contribution in [0.5, 0.6) is 0 Å². The maximum atomic E-state index is 4.88. The van der Waals surface area contributed by atoms with Crippen LogP contribution in [0.3, 0.4) is 0 Å². The minimum atomic E-state index is 0.780. The second-order valence-corrected chi connectivity index (χ2v) is 7.99. The van der Waals surface area contributed by atoms with E-state index in [2.05, 4.69) is 38.4 Å². The summed E-state index contributed by atoms with van der Waals surface area (Å²) in [5, 5.41) is 4.51. The van der Waals surface area contributed by atoms with E-state index in [1.54, 1.807) is 11.3 Å². The highest BCUT2D eigenvalue weighted by Gasteiger charge is 2.17. The lowest BCUT2D eigenvalue weighted by molar-refractivity contribution is 0.578. The number of hydrogen-bond donors (Lipinski definition) is 1. The van der Waals surface area contributed by atoms with E-state index in [9.17, 15) is 0 Å². The van der Waals surface area contributed by atoms with Crippen molar-refractivity contribution in [3.8, 4) is 10.6 Å². The van der Waals surface area contributed by atoms with E-state index in [1.807, 2.05) is 42.9 Å². The number of rotatable bonds is 4. The summed E-state index contributed by atoms with van der Waals surface area (Å²) < 4.78 is 1.12. The molecule has 1 aliphatic heterocycles. The van der Waals surface area contributed by atoms with Gasteiger partial charge in [0, 0.05) is 31.0 Å². The van der Waals surface area contributed by atoms with Gasteiger partial charge in [-0.25, -0.2) is 9.97 Å². The van der Waals surface area contributed by atoms with E-state index in [4.69, 9.17) is 4.98 Å². The zero-order valence-electron chi connectivity index (χ0n) is 15.5. The second-order valence-electron chi connectivity index (χ2n) is 6.96. The highest BCUT2D eigenvalue weighted by atomic mass is 32.1. The number of pyridine rings is 2. The van der Waals surface area contributed by atoms with E-state index in [1.165, 1.54) is 24.9 Å². The van der Waals surface area contributed by atoms with Gasteiger partial charge < -0.3 is 10.2 Å². The molecule has 5 rings (SSSR count). The number of nitrogens with one attached hydrogen (secondary N) is 1. The first-order chi connectivity index (χ1) is 13.9. The predicted octanol–water partition coefficient (Wildman–Crippen LogP) is 5.49. The van der Waals surface area contributed by atoms with Crippen molar-refractivity contribution in [1.29, 1.82) is 0 Å². The number of aromatic nitrogens is 3. The van der Waals surface area contributed by atoms with Gasteiger partial charge in [-0.05, 0) is 31.4 Å². The van der Waals surface area contributed by atoms with Gasteiger partial charge in [0.1, 0.15) is 10.5 Å². The molecule has 4 heterocycles. The van der Waals surface area contributed by atoms with Crippen molar-refractivity contribution in [3.05, 3.63) is 61.1 Å². The minimum Gasteiger partial charge on any atom is -0.370 e. The van der Waals surface area contributed by atoms with Gasteiger partial charge in [-0.1, -0.05) is 30.3 Å². The summed E-state index contributed by atoms with van der Waals surface area (Å²) in [6, 6.07) is 14.4. The minimum absolute atomic E-state index is 0.780. The number of benzene rings is 1. The summed E-state index contributed by atoms with van der Waals surface area (Å²) in [6.07, 6.45) is 9.37. The fourth-order valence-electron chi connectivity index (χ4n) is 3.67. The molecule has 140 valence electrons. The van der Waals surface area contributed by atoms with Crippen LogP contribution in [0.2, 0.25) is 0 Å². The molecule has 5 nitrogen and oxygen atoms in total. The van der Waals surface area contributed by atoms with Gasteiger partial charge in [0.25, 0.3) is 0 Å². The average Bonchev–Trinajstić information content (AvgIpc) is 3.21. The highest BCUT2D eigenvalue weighted by molar-refractivity contribution is 7.21. The van der Waals surface area contributed by atoms with Crippen molar-refractivity contribution < 1.29 is 0 Å². The van der Waals surface area contributed by atoms with Crippen LogP contribution in [0.25, 0.3) is 20.8 Å². The Labute approximate surface area is 168 Å². The van der Waals surface area contributed by atoms with Crippen molar-refractivity contribution in [1.82, 2.24) is 15.0 Å². The fraction of sp³-hybridized carbons (Fsp3) is 0.227. The third-order valence-electron chi connectivity index (χ3n) is 5.08. The first-order valence-corrected chi connectivity index (χ1v) is 10.5. The Hall–Kier alpha value is -2.99. The van der Waals surface area contributed by atoms with Crippen molar-refractivity contribution in [2.24, 2.45) is 0 Å². The highest BCUT2D eigenvalue weighted by Crippen LogP contribution is 2.35. The molecule has 6 heteroatoms. The first kappa shape index (κ1) is 17.1. The summed E-state index contributed by atoms with van der Waals surface area (Å²) in [5.74, 6) is 0.780. The topological polar surface area (TPSA) is 53.9 Å². The Morgan fingerprint density at radius 3 is 2.64 bits per heavy atom. The van der Waals surface area contributed by atoms with Crippen molar-refractivity contribution in [3.63, 3.8) is 0 Å². The van der Waals surface area contributed by atoms with Crippen LogP contribution in [-0.4, -0.2) is 28.0 Å². The standard InChI is InChI=1S/C22H21N5S/c1-3-7-16(8-4-1)22-26-20-19(28-22)10-12-24-21(20)25-17-15-23-11-9-18(17)27-13-5-2-6-14-27/h1,3-4,7-12,15H,2,5-6,13-14H2,(H,24,25). The molecular weight excluding hydrogens is 366 g/mol. The molecule has 3 aromatic heterocycles. The molecule has 28 heavy (non-hydrogen) atoms. The lowest BCUT2D eigenvalue weighted by atomic mass is 10.1. The Morgan fingerprint density at radius 1 is 0.929 bits per heavy atom. The van der Waals surface area contributed by atoms with Crippen LogP contribution >= 0.6 is 11.3 Å². The number of hydrogen-bond acceptors (Lipinski definition) is 6.